The van der Waals surface area contributed by atoms with Crippen molar-refractivity contribution in [1.29, 1.82) is 0 Å². The maximum absolute atomic E-state index is 12.7. The Kier molecular flexibility index (Phi) is 11.3. The fourth-order valence-electron chi connectivity index (χ4n) is 6.36. The van der Waals surface area contributed by atoms with Crippen molar-refractivity contribution in [3.05, 3.63) is 59.7 Å². The van der Waals surface area contributed by atoms with Gasteiger partial charge >= 0.3 is 30.1 Å². The molecule has 5 rings (SSSR count). The van der Waals surface area contributed by atoms with E-state index in [2.05, 4.69) is 24.3 Å². The van der Waals surface area contributed by atoms with Gasteiger partial charge in [-0.05, 0) is 82.6 Å². The first-order valence-electron chi connectivity index (χ1n) is 16.4. The van der Waals surface area contributed by atoms with Crippen LogP contribution in [0.25, 0.3) is 11.1 Å². The van der Waals surface area contributed by atoms with Crippen LogP contribution in [0.15, 0.2) is 48.5 Å². The molecule has 0 spiro atoms. The molecule has 4 atom stereocenters. The van der Waals surface area contributed by atoms with Crippen molar-refractivity contribution in [2.75, 3.05) is 19.7 Å². The van der Waals surface area contributed by atoms with Crippen molar-refractivity contribution in [2.24, 2.45) is 11.7 Å². The summed E-state index contributed by atoms with van der Waals surface area (Å²) in [7, 11) is 0. The molecule has 0 bridgehead atoms. The Morgan fingerprint density at radius 1 is 0.735 bits per heavy atom. The molecule has 0 saturated carbocycles. The highest BCUT2D eigenvalue weighted by molar-refractivity contribution is 5.82. The number of hydrogen-bond acceptors (Lipinski definition) is 9. The smallest absolute Gasteiger partial charge is 0.411 e. The van der Waals surface area contributed by atoms with Crippen LogP contribution in [-0.2, 0) is 28.6 Å². The van der Waals surface area contributed by atoms with Crippen LogP contribution in [0.1, 0.15) is 77.8 Å². The number of hydrogen-bond donors (Lipinski definition) is 3. The van der Waals surface area contributed by atoms with Crippen LogP contribution in [0, 0.1) is 5.92 Å². The summed E-state index contributed by atoms with van der Waals surface area (Å²) < 4.78 is 16.1. The number of carboxylic acids is 2. The number of carbonyl (C=O) groups is 5. The molecule has 2 aliphatic heterocycles. The summed E-state index contributed by atoms with van der Waals surface area (Å²) in [6.07, 6.45) is -0.773. The molecule has 2 aromatic carbocycles. The molecule has 49 heavy (non-hydrogen) atoms. The topological polar surface area (TPSA) is 186 Å². The summed E-state index contributed by atoms with van der Waals surface area (Å²) in [5.74, 6) is -2.86. The van der Waals surface area contributed by atoms with Crippen molar-refractivity contribution in [3.63, 3.8) is 0 Å². The molecule has 0 radical (unpaired) electrons. The van der Waals surface area contributed by atoms with Gasteiger partial charge in [0, 0.05) is 25.0 Å². The average Bonchev–Trinajstić information content (AvgIpc) is 3.69. The van der Waals surface area contributed by atoms with Crippen LogP contribution < -0.4 is 5.73 Å². The highest BCUT2D eigenvalue weighted by Gasteiger charge is 2.43. The first-order chi connectivity index (χ1) is 22.8. The van der Waals surface area contributed by atoms with Gasteiger partial charge in [-0.25, -0.2) is 19.2 Å². The zero-order chi connectivity index (χ0) is 36.3. The molecule has 0 aromatic heterocycles. The van der Waals surface area contributed by atoms with E-state index in [1.54, 1.807) is 41.5 Å². The minimum Gasteiger partial charge on any atom is -0.480 e. The van der Waals surface area contributed by atoms with Crippen LogP contribution in [-0.4, -0.2) is 99.1 Å². The molecule has 13 nitrogen and oxygen atoms in total. The van der Waals surface area contributed by atoms with Crippen LogP contribution >= 0.6 is 0 Å². The van der Waals surface area contributed by atoms with Gasteiger partial charge in [0.25, 0.3) is 0 Å². The van der Waals surface area contributed by atoms with Crippen LogP contribution in [0.5, 0.6) is 0 Å². The Hall–Kier alpha value is -4.65. The molecule has 4 N–H and O–H groups in total. The minimum atomic E-state index is -1.10. The van der Waals surface area contributed by atoms with E-state index in [0.717, 1.165) is 22.3 Å². The van der Waals surface area contributed by atoms with Gasteiger partial charge in [-0.1, -0.05) is 48.5 Å². The summed E-state index contributed by atoms with van der Waals surface area (Å²) in [5, 5.41) is 18.5. The quantitative estimate of drug-likeness (QED) is 0.280. The number of aliphatic carboxylic acids is 2. The van der Waals surface area contributed by atoms with Crippen molar-refractivity contribution in [3.8, 4) is 11.1 Å². The third kappa shape index (κ3) is 9.50. The monoisotopic (exact) mass is 681 g/mol. The zero-order valence-electron chi connectivity index (χ0n) is 28.9. The largest absolute Gasteiger partial charge is 0.480 e. The van der Waals surface area contributed by atoms with Gasteiger partial charge in [0.15, 0.2) is 0 Å². The fraction of sp³-hybridized carbons (Fsp3) is 0.528. The van der Waals surface area contributed by atoms with E-state index in [4.69, 9.17) is 25.1 Å². The van der Waals surface area contributed by atoms with Gasteiger partial charge < -0.3 is 30.2 Å². The number of esters is 1. The lowest BCUT2D eigenvalue weighted by Crippen LogP contribution is -2.43. The molecule has 2 heterocycles. The van der Waals surface area contributed by atoms with Crippen molar-refractivity contribution >= 4 is 30.1 Å². The van der Waals surface area contributed by atoms with Gasteiger partial charge in [0.05, 0.1) is 6.42 Å². The highest BCUT2D eigenvalue weighted by Crippen LogP contribution is 2.44. The van der Waals surface area contributed by atoms with Crippen LogP contribution in [0.4, 0.5) is 9.59 Å². The Labute approximate surface area is 286 Å². The van der Waals surface area contributed by atoms with Crippen molar-refractivity contribution in [2.45, 2.75) is 96.1 Å². The summed E-state index contributed by atoms with van der Waals surface area (Å²) in [5.41, 5.74) is 8.86. The molecular weight excluding hydrogens is 634 g/mol. The Morgan fingerprint density at radius 2 is 1.18 bits per heavy atom. The van der Waals surface area contributed by atoms with E-state index in [1.165, 1.54) is 9.80 Å². The summed E-state index contributed by atoms with van der Waals surface area (Å²) in [6, 6.07) is 14.0. The summed E-state index contributed by atoms with van der Waals surface area (Å²) >= 11 is 0. The van der Waals surface area contributed by atoms with E-state index >= 15 is 0 Å². The zero-order valence-corrected chi connectivity index (χ0v) is 28.9. The number of nitrogens with two attached hydrogens (primary N) is 1. The molecule has 266 valence electrons. The lowest BCUT2D eigenvalue weighted by Gasteiger charge is -2.26. The SMILES string of the molecule is CC(C)(C)OC(=O)N1C[C@H](CC(=O)OCC2c3ccccc3-c3ccccc32)C[C@H]1C(=O)O.CC(C)(C)OC(=O)N1C[C@H](N)C[C@H]1C(=O)O. The predicted molar refractivity (Wildman–Crippen MR) is 179 cm³/mol. The summed E-state index contributed by atoms with van der Waals surface area (Å²) in [6.45, 7) is 11.0. The number of carbonyl (C=O) groups excluding carboxylic acids is 3. The number of nitrogens with zero attached hydrogens (tertiary/aromatic N) is 2. The van der Waals surface area contributed by atoms with Gasteiger partial charge in [-0.2, -0.15) is 0 Å². The number of ether oxygens (including phenoxy) is 3. The maximum atomic E-state index is 12.7. The van der Waals surface area contributed by atoms with E-state index in [-0.39, 0.29) is 56.8 Å². The minimum absolute atomic E-state index is 0.0324. The molecule has 0 unspecified atom stereocenters. The second kappa shape index (κ2) is 14.9. The van der Waals surface area contributed by atoms with Crippen LogP contribution in [0.2, 0.25) is 0 Å². The van der Waals surface area contributed by atoms with E-state index in [1.807, 2.05) is 24.3 Å². The number of benzene rings is 2. The third-order valence-corrected chi connectivity index (χ3v) is 8.38. The van der Waals surface area contributed by atoms with Gasteiger partial charge in [-0.15, -0.1) is 0 Å². The molecule has 2 amide bonds. The lowest BCUT2D eigenvalue weighted by molar-refractivity contribution is -0.145. The Bertz CT molecular complexity index is 1520. The van der Waals surface area contributed by atoms with Crippen molar-refractivity contribution < 1.29 is 48.4 Å². The average molecular weight is 682 g/mol. The third-order valence-electron chi connectivity index (χ3n) is 8.38. The highest BCUT2D eigenvalue weighted by atomic mass is 16.6. The molecule has 1 aliphatic carbocycles. The predicted octanol–water partition coefficient (Wildman–Crippen LogP) is 4.85. The standard InChI is InChI=1S/C26H29NO6.C10H18N2O4/c1-26(2,3)33-25(31)27-14-16(12-22(27)24(29)30)13-23(28)32-15-21-19-10-6-4-8-17(19)18-9-5-7-11-20(18)21;1-10(2,3)16-9(15)12-5-6(11)4-7(12)8(13)14/h4-11,16,21-22H,12-15H2,1-3H3,(H,29,30);6-7H,4-5,11H2,1-3H3,(H,13,14)/t16-,22-;6-,7+/m01/s1. The Morgan fingerprint density at radius 3 is 1.65 bits per heavy atom. The molecule has 3 aliphatic rings. The maximum Gasteiger partial charge on any atom is 0.411 e. The van der Waals surface area contributed by atoms with Crippen LogP contribution in [0.3, 0.4) is 0 Å². The summed E-state index contributed by atoms with van der Waals surface area (Å²) in [4.78, 5) is 61.8. The molecule has 2 fully saturated rings. The number of rotatable bonds is 6. The van der Waals surface area contributed by atoms with Gasteiger partial charge in [0.1, 0.15) is 29.9 Å². The van der Waals surface area contributed by atoms with E-state index < -0.39 is 53.4 Å². The number of amides is 2. The number of fused-ring (bicyclic) bond motifs is 3. The first-order valence-corrected chi connectivity index (χ1v) is 16.4. The van der Waals surface area contributed by atoms with Gasteiger partial charge in [0.2, 0.25) is 0 Å². The van der Waals surface area contributed by atoms with E-state index in [0.29, 0.717) is 0 Å². The molecule has 2 saturated heterocycles. The van der Waals surface area contributed by atoms with Gasteiger partial charge in [-0.3, -0.25) is 14.6 Å². The normalized spacial score (nSPS) is 21.6. The number of likely N-dealkylation sites (tertiary alicyclic amines) is 2. The van der Waals surface area contributed by atoms with Crippen molar-refractivity contribution in [1.82, 2.24) is 9.80 Å². The second-order valence-corrected chi connectivity index (χ2v) is 14.7. The first kappa shape index (κ1) is 37.2. The Balaban J connectivity index is 0.000000284. The van der Waals surface area contributed by atoms with E-state index in [9.17, 15) is 29.1 Å². The molecule has 2 aromatic rings. The lowest BCUT2D eigenvalue weighted by atomic mass is 9.98. The second-order valence-electron chi connectivity index (χ2n) is 14.7. The molecular formula is C36H47N3O10. The number of carboxylic acid groups (broad SMARTS) is 2. The molecule has 13 heteroatoms. The fourth-order valence-corrected chi connectivity index (χ4v) is 6.36.